The zero-order chi connectivity index (χ0) is 25.4. The highest BCUT2D eigenvalue weighted by molar-refractivity contribution is 6.23. The lowest BCUT2D eigenvalue weighted by atomic mass is 10.1. The topological polar surface area (TPSA) is 119 Å². The minimum atomic E-state index is -5.15. The van der Waals surface area contributed by atoms with Crippen LogP contribution in [0.2, 0.25) is 0 Å². The summed E-state index contributed by atoms with van der Waals surface area (Å²) in [6, 6.07) is 0.769. The Balaban J connectivity index is 1.75. The zero-order valence-corrected chi connectivity index (χ0v) is 17.2. The van der Waals surface area contributed by atoms with Gasteiger partial charge in [0.2, 0.25) is 5.91 Å². The van der Waals surface area contributed by atoms with Crippen molar-refractivity contribution in [3.05, 3.63) is 54.1 Å². The molecule has 1 N–H and O–H groups in total. The summed E-state index contributed by atoms with van der Waals surface area (Å²) in [5.41, 5.74) is -1.63. The Morgan fingerprint density at radius 1 is 1.03 bits per heavy atom. The molecule has 0 atom stereocenters. The van der Waals surface area contributed by atoms with E-state index in [9.17, 15) is 35.9 Å². The first-order valence-corrected chi connectivity index (χ1v) is 9.58. The summed E-state index contributed by atoms with van der Waals surface area (Å²) >= 11 is 0. The van der Waals surface area contributed by atoms with Crippen LogP contribution in [0.5, 0.6) is 0 Å². The molecule has 3 aromatic heterocycles. The predicted molar refractivity (Wildman–Crippen MR) is 104 cm³/mol. The molecule has 1 aliphatic heterocycles. The van der Waals surface area contributed by atoms with E-state index in [1.54, 1.807) is 0 Å². The second-order valence-electron chi connectivity index (χ2n) is 7.08. The van der Waals surface area contributed by atoms with Crippen LogP contribution in [-0.4, -0.2) is 53.1 Å². The van der Waals surface area contributed by atoms with Crippen LogP contribution in [0.1, 0.15) is 23.4 Å². The normalized spacial score (nSPS) is 14.9. The Kier molecular flexibility index (Phi) is 5.96. The lowest BCUT2D eigenvalue weighted by Gasteiger charge is -2.17. The third kappa shape index (κ3) is 5.25. The molecule has 182 valence electrons. The van der Waals surface area contributed by atoms with E-state index in [-0.39, 0.29) is 30.0 Å². The van der Waals surface area contributed by atoms with Crippen LogP contribution in [0.4, 0.5) is 26.3 Å². The van der Waals surface area contributed by atoms with Crippen LogP contribution in [0.3, 0.4) is 0 Å². The minimum absolute atomic E-state index is 0.0722. The molecule has 0 unspecified atom stereocenters. The summed E-state index contributed by atoms with van der Waals surface area (Å²) in [4.78, 5) is 38.5. The molecule has 0 aromatic carbocycles. The number of hydrogen-bond donors (Lipinski definition) is 1. The van der Waals surface area contributed by atoms with E-state index in [1.165, 1.54) is 18.7 Å². The van der Waals surface area contributed by atoms with Crippen molar-refractivity contribution in [2.24, 2.45) is 0 Å². The number of aromatic nitrogens is 6. The van der Waals surface area contributed by atoms with Gasteiger partial charge in [0.05, 0.1) is 12.1 Å². The molecule has 0 radical (unpaired) electrons. The molecular formula is C19H12F6N8O2. The van der Waals surface area contributed by atoms with Gasteiger partial charge in [-0.25, -0.2) is 29.6 Å². The maximum atomic E-state index is 13.1. The van der Waals surface area contributed by atoms with Crippen LogP contribution in [0.15, 0.2) is 37.2 Å². The van der Waals surface area contributed by atoms with Gasteiger partial charge in [0.1, 0.15) is 24.0 Å². The second kappa shape index (κ2) is 8.77. The monoisotopic (exact) mass is 498 g/mol. The molecule has 1 fully saturated rings. The number of rotatable bonds is 4. The van der Waals surface area contributed by atoms with E-state index in [0.717, 1.165) is 22.2 Å². The van der Waals surface area contributed by atoms with E-state index >= 15 is 0 Å². The van der Waals surface area contributed by atoms with E-state index in [0.29, 0.717) is 12.1 Å². The minimum Gasteiger partial charge on any atom is -0.273 e. The number of nitrogens with one attached hydrogen (secondary N) is 1. The van der Waals surface area contributed by atoms with E-state index in [2.05, 4.69) is 30.5 Å². The van der Waals surface area contributed by atoms with Crippen molar-refractivity contribution < 1.29 is 35.9 Å². The molecule has 1 aliphatic rings. The highest BCUT2D eigenvalue weighted by Gasteiger charge is 2.39. The van der Waals surface area contributed by atoms with Gasteiger partial charge in [-0.05, 0) is 12.1 Å². The maximum absolute atomic E-state index is 13.1. The quantitative estimate of drug-likeness (QED) is 0.434. The number of carbonyl (C=O) groups excluding carboxylic acids is 2. The molecule has 16 heteroatoms. The predicted octanol–water partition coefficient (Wildman–Crippen LogP) is 2.43. The van der Waals surface area contributed by atoms with Crippen molar-refractivity contribution in [1.29, 1.82) is 0 Å². The highest BCUT2D eigenvalue weighted by atomic mass is 19.4. The second-order valence-corrected chi connectivity index (χ2v) is 7.08. The number of alkyl halides is 6. The van der Waals surface area contributed by atoms with Gasteiger partial charge in [-0.2, -0.15) is 26.3 Å². The molecule has 10 nitrogen and oxygen atoms in total. The standard InChI is InChI=1S/C19H12F6N8O2/c20-18(21,22)13-3-10(4-14(29-13)19(23,24)25)16-28-9-32(31-16)7-12(11-5-26-8-27-6-11)17(35)33-2-1-15(34)30-33/h3-9H,1-2H2,(H,30,34). The first-order chi connectivity index (χ1) is 16.4. The molecule has 4 rings (SSSR count). The molecule has 4 heterocycles. The SMILES string of the molecule is O=C1CCN(C(=O)C(=Cn2cnc(-c3cc(C(F)(F)F)nc(C(F)(F)F)c3)n2)c2cncnc2)N1. The summed E-state index contributed by atoms with van der Waals surface area (Å²) in [6.45, 7) is 0.0722. The van der Waals surface area contributed by atoms with Crippen LogP contribution in [0.25, 0.3) is 23.2 Å². The molecule has 3 aromatic rings. The van der Waals surface area contributed by atoms with E-state index in [4.69, 9.17) is 0 Å². The molecular weight excluding hydrogens is 486 g/mol. The molecule has 2 amide bonds. The van der Waals surface area contributed by atoms with Crippen LogP contribution < -0.4 is 5.43 Å². The average Bonchev–Trinajstić information content (AvgIpc) is 3.45. The molecule has 0 bridgehead atoms. The zero-order valence-electron chi connectivity index (χ0n) is 17.2. The van der Waals surface area contributed by atoms with Gasteiger partial charge in [-0.3, -0.25) is 15.0 Å². The maximum Gasteiger partial charge on any atom is 0.433 e. The summed E-state index contributed by atoms with van der Waals surface area (Å²) in [5, 5.41) is 4.92. The van der Waals surface area contributed by atoms with Gasteiger partial charge in [0, 0.05) is 36.1 Å². The third-order valence-electron chi connectivity index (χ3n) is 4.60. The highest BCUT2D eigenvalue weighted by Crippen LogP contribution is 2.35. The van der Waals surface area contributed by atoms with Crippen molar-refractivity contribution in [2.75, 3.05) is 6.54 Å². The van der Waals surface area contributed by atoms with Crippen molar-refractivity contribution in [2.45, 2.75) is 18.8 Å². The summed E-state index contributed by atoms with van der Waals surface area (Å²) < 4.78 is 79.6. The summed E-state index contributed by atoms with van der Waals surface area (Å²) in [7, 11) is 0. The summed E-state index contributed by atoms with van der Waals surface area (Å²) in [5.74, 6) is -1.54. The number of hydrazine groups is 1. The van der Waals surface area contributed by atoms with Gasteiger partial charge < -0.3 is 0 Å². The Labute approximate surface area is 191 Å². The van der Waals surface area contributed by atoms with Crippen molar-refractivity contribution in [3.63, 3.8) is 0 Å². The number of carbonyl (C=O) groups is 2. The van der Waals surface area contributed by atoms with Gasteiger partial charge in [-0.15, -0.1) is 5.10 Å². The number of pyridine rings is 1. The first kappa shape index (κ1) is 23.8. The Bertz CT molecular complexity index is 1270. The van der Waals surface area contributed by atoms with Crippen molar-refractivity contribution in [3.8, 4) is 11.4 Å². The number of amides is 2. The van der Waals surface area contributed by atoms with E-state index in [1.807, 2.05) is 0 Å². The van der Waals surface area contributed by atoms with Gasteiger partial charge in [0.15, 0.2) is 5.82 Å². The largest absolute Gasteiger partial charge is 0.433 e. The number of halogens is 6. The smallest absolute Gasteiger partial charge is 0.273 e. The van der Waals surface area contributed by atoms with Crippen LogP contribution in [0, 0.1) is 0 Å². The lowest BCUT2D eigenvalue weighted by molar-refractivity contribution is -0.150. The van der Waals surface area contributed by atoms with Crippen LogP contribution in [-0.2, 0) is 21.9 Å². The Hall–Kier alpha value is -4.37. The van der Waals surface area contributed by atoms with Gasteiger partial charge >= 0.3 is 12.4 Å². The fourth-order valence-corrected chi connectivity index (χ4v) is 3.02. The summed E-state index contributed by atoms with van der Waals surface area (Å²) in [6.07, 6.45) is -4.33. The van der Waals surface area contributed by atoms with E-state index < -0.39 is 41.0 Å². The fourth-order valence-electron chi connectivity index (χ4n) is 3.02. The van der Waals surface area contributed by atoms with Crippen molar-refractivity contribution >= 4 is 23.6 Å². The molecule has 35 heavy (non-hydrogen) atoms. The Morgan fingerprint density at radius 2 is 1.66 bits per heavy atom. The molecule has 0 saturated carbocycles. The third-order valence-corrected chi connectivity index (χ3v) is 4.60. The van der Waals surface area contributed by atoms with Crippen LogP contribution >= 0.6 is 0 Å². The average molecular weight is 498 g/mol. The first-order valence-electron chi connectivity index (χ1n) is 9.58. The molecule has 1 saturated heterocycles. The fraction of sp³-hybridized carbons (Fsp3) is 0.211. The number of hydrogen-bond acceptors (Lipinski definition) is 7. The Morgan fingerprint density at radius 3 is 2.20 bits per heavy atom. The van der Waals surface area contributed by atoms with Gasteiger partial charge in [-0.1, -0.05) is 0 Å². The lowest BCUT2D eigenvalue weighted by Crippen LogP contribution is -2.39. The molecule has 0 aliphatic carbocycles. The van der Waals surface area contributed by atoms with Crippen molar-refractivity contribution in [1.82, 2.24) is 40.2 Å². The molecule has 0 spiro atoms. The number of nitrogens with zero attached hydrogens (tertiary/aromatic N) is 7. The van der Waals surface area contributed by atoms with Gasteiger partial charge in [0.25, 0.3) is 5.91 Å².